The first-order chi connectivity index (χ1) is 14.4. The second-order valence-corrected chi connectivity index (χ2v) is 7.57. The summed E-state index contributed by atoms with van der Waals surface area (Å²) in [6, 6.07) is 14.5. The van der Waals surface area contributed by atoms with E-state index < -0.39 is 11.8 Å². The summed E-state index contributed by atoms with van der Waals surface area (Å²) in [6.45, 7) is 5.45. The number of anilines is 1. The van der Waals surface area contributed by atoms with Crippen LogP contribution < -0.4 is 15.4 Å². The molecule has 7 nitrogen and oxygen atoms in total. The predicted molar refractivity (Wildman–Crippen MR) is 114 cm³/mol. The Hall–Kier alpha value is -3.35. The highest BCUT2D eigenvalue weighted by atomic mass is 16.6. The molecule has 0 unspecified atom stereocenters. The van der Waals surface area contributed by atoms with Crippen LogP contribution in [0.2, 0.25) is 0 Å². The molecule has 30 heavy (non-hydrogen) atoms. The van der Waals surface area contributed by atoms with E-state index in [0.29, 0.717) is 31.1 Å². The van der Waals surface area contributed by atoms with Gasteiger partial charge < -0.3 is 20.3 Å². The van der Waals surface area contributed by atoms with Gasteiger partial charge in [-0.25, -0.2) is 4.79 Å². The van der Waals surface area contributed by atoms with Gasteiger partial charge in [-0.1, -0.05) is 24.3 Å². The molecule has 3 rings (SSSR count). The Morgan fingerprint density at radius 1 is 0.967 bits per heavy atom. The van der Waals surface area contributed by atoms with Crippen LogP contribution in [0, 0.1) is 19.8 Å². The fourth-order valence-corrected chi connectivity index (χ4v) is 3.30. The number of likely N-dealkylation sites (tertiary alicyclic amines) is 1. The number of carbonyl (C=O) groups is 3. The molecule has 0 aliphatic carbocycles. The molecule has 0 radical (unpaired) electrons. The van der Waals surface area contributed by atoms with Crippen molar-refractivity contribution in [1.82, 2.24) is 10.2 Å². The molecule has 0 atom stereocenters. The van der Waals surface area contributed by atoms with Crippen LogP contribution in [0.5, 0.6) is 5.75 Å². The van der Waals surface area contributed by atoms with E-state index in [2.05, 4.69) is 10.6 Å². The molecule has 1 saturated heterocycles. The van der Waals surface area contributed by atoms with Gasteiger partial charge in [0, 0.05) is 25.3 Å². The number of hydrogen-bond donors (Lipinski definition) is 2. The van der Waals surface area contributed by atoms with Crippen molar-refractivity contribution in [2.24, 2.45) is 5.92 Å². The smallest absolute Gasteiger partial charge is 0.410 e. The lowest BCUT2D eigenvalue weighted by atomic mass is 9.97. The second-order valence-electron chi connectivity index (χ2n) is 7.57. The monoisotopic (exact) mass is 409 g/mol. The lowest BCUT2D eigenvalue weighted by Gasteiger charge is -2.31. The minimum Gasteiger partial charge on any atom is -0.410 e. The zero-order chi connectivity index (χ0) is 21.5. The average Bonchev–Trinajstić information content (AvgIpc) is 2.75. The van der Waals surface area contributed by atoms with Crippen LogP contribution in [0.15, 0.2) is 48.5 Å². The first-order valence-corrected chi connectivity index (χ1v) is 10.1. The zero-order valence-electron chi connectivity index (χ0n) is 17.3. The third kappa shape index (κ3) is 5.83. The molecule has 0 saturated carbocycles. The van der Waals surface area contributed by atoms with Gasteiger partial charge in [0.15, 0.2) is 0 Å². The molecular formula is C23H27N3O4. The van der Waals surface area contributed by atoms with E-state index in [-0.39, 0.29) is 12.0 Å². The number of nitrogens with zero attached hydrogens (tertiary/aromatic N) is 1. The van der Waals surface area contributed by atoms with Crippen molar-refractivity contribution >= 4 is 23.6 Å². The van der Waals surface area contributed by atoms with Crippen LogP contribution in [0.3, 0.4) is 0 Å². The van der Waals surface area contributed by atoms with Gasteiger partial charge in [-0.05, 0) is 68.0 Å². The molecule has 2 aromatic rings. The first-order valence-electron chi connectivity index (χ1n) is 10.1. The van der Waals surface area contributed by atoms with Gasteiger partial charge in [0.25, 0.3) is 0 Å². The van der Waals surface area contributed by atoms with E-state index in [4.69, 9.17) is 4.74 Å². The van der Waals surface area contributed by atoms with Gasteiger partial charge in [0.05, 0.1) is 0 Å². The predicted octanol–water partition coefficient (Wildman–Crippen LogP) is 3.27. The third-order valence-electron chi connectivity index (χ3n) is 5.34. The Labute approximate surface area is 176 Å². The van der Waals surface area contributed by atoms with E-state index >= 15 is 0 Å². The van der Waals surface area contributed by atoms with Gasteiger partial charge in [0.1, 0.15) is 5.75 Å². The van der Waals surface area contributed by atoms with E-state index in [9.17, 15) is 14.4 Å². The van der Waals surface area contributed by atoms with Crippen molar-refractivity contribution in [3.8, 4) is 5.75 Å². The number of rotatable bonds is 4. The lowest BCUT2D eigenvalue weighted by molar-refractivity contribution is -0.136. The molecule has 1 aliphatic rings. The van der Waals surface area contributed by atoms with Gasteiger partial charge in [-0.3, -0.25) is 9.59 Å². The van der Waals surface area contributed by atoms with Crippen molar-refractivity contribution in [1.29, 1.82) is 0 Å². The zero-order valence-corrected chi connectivity index (χ0v) is 17.3. The van der Waals surface area contributed by atoms with Crippen molar-refractivity contribution < 1.29 is 19.1 Å². The Morgan fingerprint density at radius 3 is 2.33 bits per heavy atom. The minimum atomic E-state index is -0.679. The average molecular weight is 409 g/mol. The summed E-state index contributed by atoms with van der Waals surface area (Å²) in [5.41, 5.74) is 2.77. The van der Waals surface area contributed by atoms with Crippen LogP contribution >= 0.6 is 0 Å². The number of piperidine rings is 1. The molecule has 158 valence electrons. The summed E-state index contributed by atoms with van der Waals surface area (Å²) in [7, 11) is 0. The highest BCUT2D eigenvalue weighted by Gasteiger charge is 2.25. The molecule has 0 bridgehead atoms. The number of ether oxygens (including phenoxy) is 1. The quantitative estimate of drug-likeness (QED) is 0.759. The maximum absolute atomic E-state index is 12.2. The molecule has 1 fully saturated rings. The standard InChI is InChI=1S/C23H27N3O4/c1-16-8-9-19(14-17(16)2)25-22(28)21(27)24-15-18-10-12-26(13-11-18)23(29)30-20-6-4-3-5-7-20/h3-9,14,18H,10-13,15H2,1-2H3,(H,24,27)(H,25,28). The Morgan fingerprint density at radius 2 is 1.67 bits per heavy atom. The van der Waals surface area contributed by atoms with Gasteiger partial charge in [-0.15, -0.1) is 0 Å². The molecule has 0 spiro atoms. The number of para-hydroxylation sites is 1. The summed E-state index contributed by atoms with van der Waals surface area (Å²) >= 11 is 0. The number of hydrogen-bond acceptors (Lipinski definition) is 4. The largest absolute Gasteiger partial charge is 0.415 e. The van der Waals surface area contributed by atoms with Crippen molar-refractivity contribution in [3.63, 3.8) is 0 Å². The maximum Gasteiger partial charge on any atom is 0.415 e. The maximum atomic E-state index is 12.2. The number of aryl methyl sites for hydroxylation is 2. The van der Waals surface area contributed by atoms with E-state index in [1.54, 1.807) is 23.1 Å². The Kier molecular flexibility index (Phi) is 7.06. The summed E-state index contributed by atoms with van der Waals surface area (Å²) < 4.78 is 5.36. The van der Waals surface area contributed by atoms with Crippen LogP contribution in [-0.2, 0) is 9.59 Å². The molecule has 0 aromatic heterocycles. The molecule has 1 aliphatic heterocycles. The summed E-state index contributed by atoms with van der Waals surface area (Å²) in [4.78, 5) is 38.1. The summed E-state index contributed by atoms with van der Waals surface area (Å²) in [5, 5.41) is 5.32. The first kappa shape index (κ1) is 21.4. The fourth-order valence-electron chi connectivity index (χ4n) is 3.30. The van der Waals surface area contributed by atoms with Crippen LogP contribution in [0.25, 0.3) is 0 Å². The number of nitrogens with one attached hydrogen (secondary N) is 2. The molecule has 2 aromatic carbocycles. The fraction of sp³-hybridized carbons (Fsp3) is 0.348. The van der Waals surface area contributed by atoms with E-state index in [1.165, 1.54) is 0 Å². The molecule has 7 heteroatoms. The molecular weight excluding hydrogens is 382 g/mol. The molecule has 1 heterocycles. The number of carbonyl (C=O) groups excluding carboxylic acids is 3. The third-order valence-corrected chi connectivity index (χ3v) is 5.34. The van der Waals surface area contributed by atoms with E-state index in [0.717, 1.165) is 24.0 Å². The topological polar surface area (TPSA) is 87.7 Å². The van der Waals surface area contributed by atoms with Crippen LogP contribution in [0.1, 0.15) is 24.0 Å². The van der Waals surface area contributed by atoms with Gasteiger partial charge >= 0.3 is 17.9 Å². The second kappa shape index (κ2) is 9.91. The van der Waals surface area contributed by atoms with E-state index in [1.807, 2.05) is 44.2 Å². The van der Waals surface area contributed by atoms with Crippen LogP contribution in [0.4, 0.5) is 10.5 Å². The highest BCUT2D eigenvalue weighted by molar-refractivity contribution is 6.39. The van der Waals surface area contributed by atoms with Gasteiger partial charge in [0.2, 0.25) is 0 Å². The molecule has 3 amide bonds. The minimum absolute atomic E-state index is 0.212. The molecule has 2 N–H and O–H groups in total. The van der Waals surface area contributed by atoms with Crippen LogP contribution in [-0.4, -0.2) is 42.4 Å². The lowest BCUT2D eigenvalue weighted by Crippen LogP contribution is -2.44. The Balaban J connectivity index is 1.39. The van der Waals surface area contributed by atoms with Crippen molar-refractivity contribution in [2.75, 3.05) is 25.0 Å². The number of amides is 3. The van der Waals surface area contributed by atoms with Gasteiger partial charge in [-0.2, -0.15) is 0 Å². The number of benzene rings is 2. The SMILES string of the molecule is Cc1ccc(NC(=O)C(=O)NCC2CCN(C(=O)Oc3ccccc3)CC2)cc1C. The highest BCUT2D eigenvalue weighted by Crippen LogP contribution is 2.19. The van der Waals surface area contributed by atoms with Crippen molar-refractivity contribution in [3.05, 3.63) is 59.7 Å². The normalized spacial score (nSPS) is 14.1. The summed E-state index contributed by atoms with van der Waals surface area (Å²) in [6.07, 6.45) is 1.11. The summed E-state index contributed by atoms with van der Waals surface area (Å²) in [5.74, 6) is -0.600. The Bertz CT molecular complexity index is 906. The van der Waals surface area contributed by atoms with Crippen molar-refractivity contribution in [2.45, 2.75) is 26.7 Å².